The fraction of sp³-hybridized carbons (Fsp3) is 0.533. The highest BCUT2D eigenvalue weighted by atomic mass is 16.5. The molecule has 0 N–H and O–H groups in total. The molecule has 1 atom stereocenters. The van der Waals surface area contributed by atoms with Crippen LogP contribution in [0.25, 0.3) is 0 Å². The molecule has 1 rings (SSSR count). The minimum absolute atomic E-state index is 0.320. The summed E-state index contributed by atoms with van der Waals surface area (Å²) in [7, 11) is 0. The zero-order chi connectivity index (χ0) is 12.0. The van der Waals surface area contributed by atoms with Crippen molar-refractivity contribution in [1.82, 2.24) is 0 Å². The predicted octanol–water partition coefficient (Wildman–Crippen LogP) is 4.37. The Bertz CT molecular complexity index is 315. The minimum Gasteiger partial charge on any atom is -0.494 e. The lowest BCUT2D eigenvalue weighted by Gasteiger charge is -2.12. The second-order valence-corrected chi connectivity index (χ2v) is 4.35. The van der Waals surface area contributed by atoms with Crippen LogP contribution in [0.4, 0.5) is 0 Å². The standard InChI is InChI=1S/C15H23O/c1-5-7-8-13-9-14(12(3)4)11-15(10-13)16-6-2/h9-12H,3,5-8H2,1-2,4H3. The van der Waals surface area contributed by atoms with Crippen molar-refractivity contribution >= 4 is 0 Å². The van der Waals surface area contributed by atoms with Gasteiger partial charge in [0.1, 0.15) is 5.75 Å². The van der Waals surface area contributed by atoms with Crippen molar-refractivity contribution in [2.24, 2.45) is 0 Å². The second-order valence-electron chi connectivity index (χ2n) is 4.35. The lowest BCUT2D eigenvalue weighted by molar-refractivity contribution is 0.339. The fourth-order valence-corrected chi connectivity index (χ4v) is 1.75. The van der Waals surface area contributed by atoms with E-state index in [-0.39, 0.29) is 0 Å². The molecule has 1 heteroatoms. The highest BCUT2D eigenvalue weighted by Gasteiger charge is 2.05. The van der Waals surface area contributed by atoms with E-state index in [1.807, 2.05) is 6.92 Å². The molecule has 89 valence electrons. The first-order valence-corrected chi connectivity index (χ1v) is 6.27. The van der Waals surface area contributed by atoms with Gasteiger partial charge in [0, 0.05) is 0 Å². The SMILES string of the molecule is [CH2]C(C)c1cc(CCCC)cc(OCC)c1. The zero-order valence-corrected chi connectivity index (χ0v) is 10.8. The predicted molar refractivity (Wildman–Crippen MR) is 70.0 cm³/mol. The van der Waals surface area contributed by atoms with Gasteiger partial charge in [-0.3, -0.25) is 0 Å². The van der Waals surface area contributed by atoms with Crippen molar-refractivity contribution in [3.63, 3.8) is 0 Å². The largest absolute Gasteiger partial charge is 0.494 e. The van der Waals surface area contributed by atoms with E-state index in [1.54, 1.807) is 0 Å². The van der Waals surface area contributed by atoms with Gasteiger partial charge in [0.25, 0.3) is 0 Å². The maximum absolute atomic E-state index is 5.59. The molecule has 1 aromatic rings. The summed E-state index contributed by atoms with van der Waals surface area (Å²) in [5, 5.41) is 0. The van der Waals surface area contributed by atoms with Crippen molar-refractivity contribution < 1.29 is 4.74 Å². The maximum atomic E-state index is 5.59. The van der Waals surface area contributed by atoms with E-state index >= 15 is 0 Å². The fourth-order valence-electron chi connectivity index (χ4n) is 1.75. The first-order chi connectivity index (χ1) is 7.67. The number of unbranched alkanes of at least 4 members (excludes halogenated alkanes) is 1. The van der Waals surface area contributed by atoms with Crippen LogP contribution in [0.1, 0.15) is 50.7 Å². The van der Waals surface area contributed by atoms with Gasteiger partial charge in [0.15, 0.2) is 0 Å². The molecule has 0 aliphatic carbocycles. The van der Waals surface area contributed by atoms with Crippen molar-refractivity contribution in [3.05, 3.63) is 36.2 Å². The van der Waals surface area contributed by atoms with Gasteiger partial charge >= 0.3 is 0 Å². The Morgan fingerprint density at radius 1 is 1.25 bits per heavy atom. The number of benzene rings is 1. The summed E-state index contributed by atoms with van der Waals surface area (Å²) in [6, 6.07) is 6.53. The zero-order valence-electron chi connectivity index (χ0n) is 10.8. The third-order valence-electron chi connectivity index (χ3n) is 2.69. The van der Waals surface area contributed by atoms with E-state index in [0.717, 1.165) is 18.8 Å². The van der Waals surface area contributed by atoms with Crippen LogP contribution in [-0.4, -0.2) is 6.61 Å². The molecule has 0 saturated heterocycles. The van der Waals surface area contributed by atoms with E-state index < -0.39 is 0 Å². The Morgan fingerprint density at radius 3 is 2.56 bits per heavy atom. The topological polar surface area (TPSA) is 9.23 Å². The Hall–Kier alpha value is -0.980. The number of aryl methyl sites for hydroxylation is 1. The van der Waals surface area contributed by atoms with Gasteiger partial charge in [0.2, 0.25) is 0 Å². The van der Waals surface area contributed by atoms with Crippen molar-refractivity contribution in [2.75, 3.05) is 6.61 Å². The Labute approximate surface area is 99.8 Å². The molecule has 1 aromatic carbocycles. The first kappa shape index (κ1) is 13.1. The van der Waals surface area contributed by atoms with E-state index in [2.05, 4.69) is 39.0 Å². The molecule has 1 unspecified atom stereocenters. The molecule has 0 bridgehead atoms. The second kappa shape index (κ2) is 6.57. The average molecular weight is 219 g/mol. The number of hydrogen-bond acceptors (Lipinski definition) is 1. The van der Waals surface area contributed by atoms with Gasteiger partial charge in [-0.1, -0.05) is 26.3 Å². The molecule has 0 saturated carbocycles. The van der Waals surface area contributed by atoms with Crippen LogP contribution in [0.15, 0.2) is 18.2 Å². The number of ether oxygens (including phenoxy) is 1. The normalized spacial score (nSPS) is 10.8. The summed E-state index contributed by atoms with van der Waals surface area (Å²) in [6.45, 7) is 11.2. The van der Waals surface area contributed by atoms with Crippen molar-refractivity contribution in [3.8, 4) is 5.75 Å². The number of rotatable bonds is 6. The Kier molecular flexibility index (Phi) is 5.37. The van der Waals surface area contributed by atoms with Crippen LogP contribution in [0, 0.1) is 6.92 Å². The van der Waals surface area contributed by atoms with Crippen LogP contribution in [-0.2, 0) is 6.42 Å². The average Bonchev–Trinajstić information content (AvgIpc) is 2.26. The van der Waals surface area contributed by atoms with Crippen LogP contribution in [0.5, 0.6) is 5.75 Å². The van der Waals surface area contributed by atoms with E-state index in [1.165, 1.54) is 24.0 Å². The van der Waals surface area contributed by atoms with Crippen molar-refractivity contribution in [1.29, 1.82) is 0 Å². The summed E-state index contributed by atoms with van der Waals surface area (Å²) >= 11 is 0. The molecule has 0 aliphatic rings. The van der Waals surface area contributed by atoms with Crippen molar-refractivity contribution in [2.45, 2.75) is 46.0 Å². The first-order valence-electron chi connectivity index (χ1n) is 6.27. The van der Waals surface area contributed by atoms with Gasteiger partial charge in [-0.15, -0.1) is 0 Å². The van der Waals surface area contributed by atoms with E-state index in [9.17, 15) is 0 Å². The van der Waals surface area contributed by atoms with Crippen LogP contribution in [0.2, 0.25) is 0 Å². The summed E-state index contributed by atoms with van der Waals surface area (Å²) < 4.78 is 5.59. The Morgan fingerprint density at radius 2 is 2.00 bits per heavy atom. The molecule has 1 radical (unpaired) electrons. The molecule has 16 heavy (non-hydrogen) atoms. The van der Waals surface area contributed by atoms with Gasteiger partial charge in [-0.25, -0.2) is 0 Å². The molecular formula is C15H23O. The molecule has 0 heterocycles. The molecular weight excluding hydrogens is 196 g/mol. The highest BCUT2D eigenvalue weighted by Crippen LogP contribution is 2.24. The molecule has 0 spiro atoms. The third-order valence-corrected chi connectivity index (χ3v) is 2.69. The van der Waals surface area contributed by atoms with E-state index in [0.29, 0.717) is 5.92 Å². The quantitative estimate of drug-likeness (QED) is 0.690. The Balaban J connectivity index is 2.89. The van der Waals surface area contributed by atoms with Gasteiger partial charge in [-0.05, 0) is 55.9 Å². The molecule has 0 amide bonds. The van der Waals surface area contributed by atoms with Crippen LogP contribution < -0.4 is 4.74 Å². The molecule has 0 aliphatic heterocycles. The molecule has 0 fully saturated rings. The maximum Gasteiger partial charge on any atom is 0.119 e. The lowest BCUT2D eigenvalue weighted by atomic mass is 9.98. The molecule has 0 aromatic heterocycles. The summed E-state index contributed by atoms with van der Waals surface area (Å²) in [5.41, 5.74) is 2.65. The lowest BCUT2D eigenvalue weighted by Crippen LogP contribution is -1.97. The minimum atomic E-state index is 0.320. The van der Waals surface area contributed by atoms with Gasteiger partial charge in [0.05, 0.1) is 6.61 Å². The van der Waals surface area contributed by atoms with Crippen LogP contribution in [0.3, 0.4) is 0 Å². The summed E-state index contributed by atoms with van der Waals surface area (Å²) in [4.78, 5) is 0. The van der Waals surface area contributed by atoms with Gasteiger partial charge < -0.3 is 4.74 Å². The van der Waals surface area contributed by atoms with E-state index in [4.69, 9.17) is 4.74 Å². The number of hydrogen-bond donors (Lipinski definition) is 0. The molecule has 1 nitrogen and oxygen atoms in total. The monoisotopic (exact) mass is 219 g/mol. The highest BCUT2D eigenvalue weighted by molar-refractivity contribution is 5.36. The van der Waals surface area contributed by atoms with Gasteiger partial charge in [-0.2, -0.15) is 0 Å². The smallest absolute Gasteiger partial charge is 0.119 e. The van der Waals surface area contributed by atoms with Crippen LogP contribution >= 0.6 is 0 Å². The summed E-state index contributed by atoms with van der Waals surface area (Å²) in [5.74, 6) is 1.31. The third kappa shape index (κ3) is 3.88. The summed E-state index contributed by atoms with van der Waals surface area (Å²) in [6.07, 6.45) is 3.60.